The maximum atomic E-state index is 5.73. The van der Waals surface area contributed by atoms with Crippen LogP contribution in [0.5, 0.6) is 0 Å². The van der Waals surface area contributed by atoms with Gasteiger partial charge in [-0.15, -0.1) is 0 Å². The van der Waals surface area contributed by atoms with Crippen molar-refractivity contribution in [3.63, 3.8) is 0 Å². The minimum Gasteiger partial charge on any atom is -0.380 e. The Kier molecular flexibility index (Phi) is 4.79. The minimum atomic E-state index is 0.373. The number of hydrogen-bond donors (Lipinski definition) is 1. The highest BCUT2D eigenvalue weighted by Crippen LogP contribution is 2.18. The van der Waals surface area contributed by atoms with Gasteiger partial charge in [0.2, 0.25) is 0 Å². The van der Waals surface area contributed by atoms with Crippen LogP contribution in [0.25, 0.3) is 0 Å². The average molecular weight is 242 g/mol. The molecule has 4 atom stereocenters. The lowest BCUT2D eigenvalue weighted by molar-refractivity contribution is -0.0582. The molecule has 2 rings (SSSR count). The Bertz CT molecular complexity index is 237. The fourth-order valence-electron chi connectivity index (χ4n) is 2.90. The SMILES string of the molecule is CCC1COC(C)CN1CC1CC(OC)CN1. The molecule has 2 aliphatic heterocycles. The smallest absolute Gasteiger partial charge is 0.0711 e. The van der Waals surface area contributed by atoms with E-state index in [2.05, 4.69) is 24.1 Å². The van der Waals surface area contributed by atoms with Crippen LogP contribution in [0.3, 0.4) is 0 Å². The first kappa shape index (κ1) is 13.3. The summed E-state index contributed by atoms with van der Waals surface area (Å²) in [4.78, 5) is 2.59. The quantitative estimate of drug-likeness (QED) is 0.793. The zero-order chi connectivity index (χ0) is 12.3. The van der Waals surface area contributed by atoms with E-state index in [0.717, 1.165) is 32.7 Å². The third-order valence-electron chi connectivity index (χ3n) is 4.02. The molecule has 17 heavy (non-hydrogen) atoms. The number of ether oxygens (including phenoxy) is 2. The highest BCUT2D eigenvalue weighted by molar-refractivity contribution is 4.88. The van der Waals surface area contributed by atoms with Crippen LogP contribution in [-0.4, -0.2) is 62.5 Å². The lowest BCUT2D eigenvalue weighted by atomic mass is 10.1. The van der Waals surface area contributed by atoms with Gasteiger partial charge in [0.05, 0.1) is 18.8 Å². The molecule has 2 saturated heterocycles. The van der Waals surface area contributed by atoms with Crippen molar-refractivity contribution in [1.82, 2.24) is 10.2 Å². The highest BCUT2D eigenvalue weighted by Gasteiger charge is 2.30. The van der Waals surface area contributed by atoms with Gasteiger partial charge in [-0.25, -0.2) is 0 Å². The summed E-state index contributed by atoms with van der Waals surface area (Å²) in [7, 11) is 1.81. The van der Waals surface area contributed by atoms with E-state index in [1.54, 1.807) is 7.11 Å². The molecule has 0 aromatic heterocycles. The predicted octanol–water partition coefficient (Wildman–Crippen LogP) is 0.863. The number of rotatable bonds is 4. The summed E-state index contributed by atoms with van der Waals surface area (Å²) in [6, 6.07) is 1.17. The molecule has 100 valence electrons. The zero-order valence-corrected chi connectivity index (χ0v) is 11.3. The largest absolute Gasteiger partial charge is 0.380 e. The second-order valence-corrected chi connectivity index (χ2v) is 5.36. The van der Waals surface area contributed by atoms with E-state index in [4.69, 9.17) is 9.47 Å². The van der Waals surface area contributed by atoms with Gasteiger partial charge in [-0.3, -0.25) is 4.90 Å². The molecule has 0 aromatic rings. The van der Waals surface area contributed by atoms with Crippen LogP contribution in [-0.2, 0) is 9.47 Å². The monoisotopic (exact) mass is 242 g/mol. The Labute approximate surface area is 105 Å². The Morgan fingerprint density at radius 3 is 2.94 bits per heavy atom. The topological polar surface area (TPSA) is 33.7 Å². The lowest BCUT2D eigenvalue weighted by Crippen LogP contribution is -2.52. The second-order valence-electron chi connectivity index (χ2n) is 5.36. The summed E-state index contributed by atoms with van der Waals surface area (Å²) in [5, 5.41) is 3.56. The second kappa shape index (κ2) is 6.14. The van der Waals surface area contributed by atoms with Crippen molar-refractivity contribution in [3.05, 3.63) is 0 Å². The van der Waals surface area contributed by atoms with Gasteiger partial charge in [-0.1, -0.05) is 6.92 Å². The van der Waals surface area contributed by atoms with Gasteiger partial charge < -0.3 is 14.8 Å². The fourth-order valence-corrected chi connectivity index (χ4v) is 2.90. The normalized spacial score (nSPS) is 39.7. The first-order valence-corrected chi connectivity index (χ1v) is 6.84. The first-order valence-electron chi connectivity index (χ1n) is 6.84. The molecule has 0 aromatic carbocycles. The standard InChI is InChI=1S/C13H26N2O2/c1-4-12-9-17-10(2)7-15(12)8-11-5-13(16-3)6-14-11/h10-14H,4-9H2,1-3H3. The van der Waals surface area contributed by atoms with Crippen molar-refractivity contribution < 1.29 is 9.47 Å². The van der Waals surface area contributed by atoms with Gasteiger partial charge in [0, 0.05) is 38.8 Å². The molecule has 0 bridgehead atoms. The molecule has 2 fully saturated rings. The van der Waals surface area contributed by atoms with E-state index in [1.807, 2.05) is 0 Å². The van der Waals surface area contributed by atoms with Crippen LogP contribution in [0.1, 0.15) is 26.7 Å². The molecule has 4 unspecified atom stereocenters. The van der Waals surface area contributed by atoms with Crippen molar-refractivity contribution in [2.24, 2.45) is 0 Å². The number of morpholine rings is 1. The molecular weight excluding hydrogens is 216 g/mol. The molecule has 0 amide bonds. The van der Waals surface area contributed by atoms with Gasteiger partial charge in [-0.2, -0.15) is 0 Å². The summed E-state index contributed by atoms with van der Waals surface area (Å²) in [5.74, 6) is 0. The van der Waals surface area contributed by atoms with Gasteiger partial charge >= 0.3 is 0 Å². The third kappa shape index (κ3) is 3.41. The maximum Gasteiger partial charge on any atom is 0.0711 e. The average Bonchev–Trinajstić information content (AvgIpc) is 2.77. The maximum absolute atomic E-state index is 5.73. The van der Waals surface area contributed by atoms with Crippen LogP contribution in [0.4, 0.5) is 0 Å². The predicted molar refractivity (Wildman–Crippen MR) is 68.3 cm³/mol. The van der Waals surface area contributed by atoms with Crippen LogP contribution in [0, 0.1) is 0 Å². The lowest BCUT2D eigenvalue weighted by Gasteiger charge is -2.39. The molecule has 0 saturated carbocycles. The summed E-state index contributed by atoms with van der Waals surface area (Å²) in [6.45, 7) is 8.49. The van der Waals surface area contributed by atoms with Crippen molar-refractivity contribution in [1.29, 1.82) is 0 Å². The number of nitrogens with one attached hydrogen (secondary N) is 1. The molecule has 4 heteroatoms. The van der Waals surface area contributed by atoms with E-state index in [1.165, 1.54) is 6.42 Å². The molecule has 2 heterocycles. The van der Waals surface area contributed by atoms with E-state index in [9.17, 15) is 0 Å². The van der Waals surface area contributed by atoms with Gasteiger partial charge in [0.25, 0.3) is 0 Å². The van der Waals surface area contributed by atoms with Crippen LogP contribution in [0.15, 0.2) is 0 Å². The molecule has 1 N–H and O–H groups in total. The minimum absolute atomic E-state index is 0.373. The van der Waals surface area contributed by atoms with Gasteiger partial charge in [-0.05, 0) is 19.8 Å². The van der Waals surface area contributed by atoms with Crippen molar-refractivity contribution >= 4 is 0 Å². The molecule has 0 aliphatic carbocycles. The Hall–Kier alpha value is -0.160. The van der Waals surface area contributed by atoms with Crippen LogP contribution >= 0.6 is 0 Å². The summed E-state index contributed by atoms with van der Waals surface area (Å²) in [6.07, 6.45) is 3.09. The number of methoxy groups -OCH3 is 1. The molecule has 4 nitrogen and oxygen atoms in total. The Morgan fingerprint density at radius 1 is 1.47 bits per heavy atom. The van der Waals surface area contributed by atoms with E-state index < -0.39 is 0 Å². The summed E-state index contributed by atoms with van der Waals surface area (Å²) < 4.78 is 11.1. The Balaban J connectivity index is 1.83. The number of hydrogen-bond acceptors (Lipinski definition) is 4. The van der Waals surface area contributed by atoms with Crippen molar-refractivity contribution in [2.45, 2.75) is 51.0 Å². The Morgan fingerprint density at radius 2 is 2.29 bits per heavy atom. The number of nitrogens with zero attached hydrogens (tertiary/aromatic N) is 1. The van der Waals surface area contributed by atoms with Crippen molar-refractivity contribution in [2.75, 3.05) is 33.4 Å². The van der Waals surface area contributed by atoms with E-state index in [0.29, 0.717) is 24.3 Å². The summed E-state index contributed by atoms with van der Waals surface area (Å²) in [5.41, 5.74) is 0. The van der Waals surface area contributed by atoms with Crippen molar-refractivity contribution in [3.8, 4) is 0 Å². The molecule has 0 spiro atoms. The molecular formula is C13H26N2O2. The van der Waals surface area contributed by atoms with Gasteiger partial charge in [0.1, 0.15) is 0 Å². The van der Waals surface area contributed by atoms with Crippen LogP contribution in [0.2, 0.25) is 0 Å². The van der Waals surface area contributed by atoms with E-state index >= 15 is 0 Å². The first-order chi connectivity index (χ1) is 8.22. The van der Waals surface area contributed by atoms with E-state index in [-0.39, 0.29) is 0 Å². The van der Waals surface area contributed by atoms with Crippen LogP contribution < -0.4 is 5.32 Å². The van der Waals surface area contributed by atoms with Gasteiger partial charge in [0.15, 0.2) is 0 Å². The molecule has 0 radical (unpaired) electrons. The highest BCUT2D eigenvalue weighted by atomic mass is 16.5. The third-order valence-corrected chi connectivity index (χ3v) is 4.02. The summed E-state index contributed by atoms with van der Waals surface area (Å²) >= 11 is 0. The fraction of sp³-hybridized carbons (Fsp3) is 1.00. The zero-order valence-electron chi connectivity index (χ0n) is 11.3. The molecule has 2 aliphatic rings.